The second-order valence-electron chi connectivity index (χ2n) is 3.47. The number of anilines is 1. The van der Waals surface area contributed by atoms with E-state index in [-0.39, 0.29) is 5.91 Å². The third-order valence-corrected chi connectivity index (χ3v) is 3.03. The molecule has 2 aromatic rings. The molecular formula is C12H12BrN3O. The maximum Gasteiger partial charge on any atom is 0.273 e. The van der Waals surface area contributed by atoms with Gasteiger partial charge in [0.05, 0.1) is 4.47 Å². The number of aryl methyl sites for hydroxylation is 1. The van der Waals surface area contributed by atoms with Crippen molar-refractivity contribution in [2.45, 2.75) is 13.5 Å². The number of halogens is 1. The molecule has 0 saturated carbocycles. The molecule has 17 heavy (non-hydrogen) atoms. The summed E-state index contributed by atoms with van der Waals surface area (Å²) in [5.41, 5.74) is 0.630. The molecule has 0 spiro atoms. The Bertz CT molecular complexity index is 536. The van der Waals surface area contributed by atoms with E-state index in [9.17, 15) is 4.79 Å². The highest BCUT2D eigenvalue weighted by Crippen LogP contribution is 2.19. The van der Waals surface area contributed by atoms with Crippen LogP contribution in [-0.4, -0.2) is 15.5 Å². The van der Waals surface area contributed by atoms with Crippen LogP contribution in [0, 0.1) is 0 Å². The Morgan fingerprint density at radius 2 is 2.29 bits per heavy atom. The summed E-state index contributed by atoms with van der Waals surface area (Å²) in [4.78, 5) is 16.1. The molecule has 2 heterocycles. The van der Waals surface area contributed by atoms with Crippen molar-refractivity contribution < 1.29 is 4.79 Å². The predicted molar refractivity (Wildman–Crippen MR) is 70.0 cm³/mol. The van der Waals surface area contributed by atoms with E-state index in [1.165, 1.54) is 0 Å². The summed E-state index contributed by atoms with van der Waals surface area (Å²) in [6.07, 6.45) is 3.52. The molecule has 2 aromatic heterocycles. The van der Waals surface area contributed by atoms with E-state index in [4.69, 9.17) is 0 Å². The van der Waals surface area contributed by atoms with Gasteiger partial charge >= 0.3 is 0 Å². The van der Waals surface area contributed by atoms with E-state index in [0.717, 1.165) is 11.0 Å². The van der Waals surface area contributed by atoms with Crippen LogP contribution in [0.2, 0.25) is 0 Å². The molecule has 0 aliphatic heterocycles. The van der Waals surface area contributed by atoms with Gasteiger partial charge < -0.3 is 9.88 Å². The lowest BCUT2D eigenvalue weighted by Crippen LogP contribution is -2.17. The molecule has 88 valence electrons. The quantitative estimate of drug-likeness (QED) is 0.946. The molecule has 0 saturated heterocycles. The fraction of sp³-hybridized carbons (Fsp3) is 0.167. The number of carbonyl (C=O) groups is 1. The second kappa shape index (κ2) is 5.14. The number of aromatic nitrogens is 2. The zero-order chi connectivity index (χ0) is 12.3. The Morgan fingerprint density at radius 3 is 3.00 bits per heavy atom. The van der Waals surface area contributed by atoms with Gasteiger partial charge in [-0.25, -0.2) is 4.98 Å². The van der Waals surface area contributed by atoms with E-state index in [1.54, 1.807) is 18.3 Å². The highest BCUT2D eigenvalue weighted by Gasteiger charge is 2.11. The number of amides is 1. The monoisotopic (exact) mass is 293 g/mol. The van der Waals surface area contributed by atoms with Crippen molar-refractivity contribution in [3.8, 4) is 0 Å². The number of nitrogens with one attached hydrogen (secondary N) is 1. The molecule has 0 bridgehead atoms. The number of rotatable bonds is 3. The molecule has 1 amide bonds. The molecule has 2 rings (SSSR count). The molecule has 0 fully saturated rings. The number of nitrogens with zero attached hydrogens (tertiary/aromatic N) is 2. The minimum atomic E-state index is -0.156. The fourth-order valence-corrected chi connectivity index (χ4v) is 1.90. The van der Waals surface area contributed by atoms with Gasteiger partial charge in [0.2, 0.25) is 0 Å². The topological polar surface area (TPSA) is 46.9 Å². The third-order valence-electron chi connectivity index (χ3n) is 2.39. The number of hydrogen-bond donors (Lipinski definition) is 1. The van der Waals surface area contributed by atoms with Gasteiger partial charge in [-0.1, -0.05) is 0 Å². The van der Waals surface area contributed by atoms with Gasteiger partial charge in [-0.2, -0.15) is 0 Å². The SMILES string of the molecule is CCn1cccc1C(=O)Nc1ncccc1Br. The van der Waals surface area contributed by atoms with Crippen LogP contribution in [0.25, 0.3) is 0 Å². The van der Waals surface area contributed by atoms with Crippen molar-refractivity contribution in [1.82, 2.24) is 9.55 Å². The number of pyridine rings is 1. The summed E-state index contributed by atoms with van der Waals surface area (Å²) >= 11 is 3.34. The normalized spacial score (nSPS) is 10.2. The molecule has 0 aromatic carbocycles. The van der Waals surface area contributed by atoms with Crippen LogP contribution in [0.15, 0.2) is 41.1 Å². The van der Waals surface area contributed by atoms with Crippen LogP contribution in [0.4, 0.5) is 5.82 Å². The Labute approximate surface area is 108 Å². The van der Waals surface area contributed by atoms with Gasteiger partial charge in [0.1, 0.15) is 11.5 Å². The fourth-order valence-electron chi connectivity index (χ4n) is 1.55. The Morgan fingerprint density at radius 1 is 1.47 bits per heavy atom. The van der Waals surface area contributed by atoms with Crippen molar-refractivity contribution in [3.05, 3.63) is 46.8 Å². The summed E-state index contributed by atoms with van der Waals surface area (Å²) in [5.74, 6) is 0.373. The molecule has 5 heteroatoms. The lowest BCUT2D eigenvalue weighted by Gasteiger charge is -2.08. The van der Waals surface area contributed by atoms with Gasteiger partial charge in [0.15, 0.2) is 0 Å². The standard InChI is InChI=1S/C12H12BrN3O/c1-2-16-8-4-6-10(16)12(17)15-11-9(13)5-3-7-14-11/h3-8H,2H2,1H3,(H,14,15,17). The Kier molecular flexibility index (Phi) is 3.58. The first kappa shape index (κ1) is 11.9. The molecule has 0 radical (unpaired) electrons. The molecule has 0 aliphatic rings. The highest BCUT2D eigenvalue weighted by molar-refractivity contribution is 9.10. The largest absolute Gasteiger partial charge is 0.344 e. The molecular weight excluding hydrogens is 282 g/mol. The first-order chi connectivity index (χ1) is 8.22. The van der Waals surface area contributed by atoms with Crippen LogP contribution in [0.5, 0.6) is 0 Å². The minimum absolute atomic E-state index is 0.156. The number of carbonyl (C=O) groups excluding carboxylic acids is 1. The van der Waals surface area contributed by atoms with E-state index < -0.39 is 0 Å². The first-order valence-electron chi connectivity index (χ1n) is 5.29. The minimum Gasteiger partial charge on any atom is -0.344 e. The second-order valence-corrected chi connectivity index (χ2v) is 4.32. The predicted octanol–water partition coefficient (Wildman–Crippen LogP) is 2.92. The first-order valence-corrected chi connectivity index (χ1v) is 6.08. The van der Waals surface area contributed by atoms with Crippen LogP contribution in [-0.2, 0) is 6.54 Å². The van der Waals surface area contributed by atoms with Gasteiger partial charge in [0.25, 0.3) is 5.91 Å². The van der Waals surface area contributed by atoms with Crippen LogP contribution in [0.1, 0.15) is 17.4 Å². The Hall–Kier alpha value is -1.62. The third kappa shape index (κ3) is 2.55. The van der Waals surface area contributed by atoms with Crippen molar-refractivity contribution in [2.24, 2.45) is 0 Å². The van der Waals surface area contributed by atoms with Crippen molar-refractivity contribution in [2.75, 3.05) is 5.32 Å². The van der Waals surface area contributed by atoms with Crippen molar-refractivity contribution in [1.29, 1.82) is 0 Å². The smallest absolute Gasteiger partial charge is 0.273 e. The maximum absolute atomic E-state index is 12.0. The van der Waals surface area contributed by atoms with E-state index in [0.29, 0.717) is 11.5 Å². The van der Waals surface area contributed by atoms with Gasteiger partial charge in [0, 0.05) is 18.9 Å². The molecule has 0 atom stereocenters. The van der Waals surface area contributed by atoms with E-state index >= 15 is 0 Å². The van der Waals surface area contributed by atoms with E-state index in [2.05, 4.69) is 26.2 Å². The van der Waals surface area contributed by atoms with Gasteiger partial charge in [-0.05, 0) is 47.1 Å². The van der Waals surface area contributed by atoms with Crippen LogP contribution < -0.4 is 5.32 Å². The molecule has 4 nitrogen and oxygen atoms in total. The summed E-state index contributed by atoms with van der Waals surface area (Å²) in [7, 11) is 0. The van der Waals surface area contributed by atoms with Gasteiger partial charge in [-0.15, -0.1) is 0 Å². The van der Waals surface area contributed by atoms with Crippen LogP contribution in [0.3, 0.4) is 0 Å². The summed E-state index contributed by atoms with van der Waals surface area (Å²) < 4.78 is 2.65. The zero-order valence-corrected chi connectivity index (χ0v) is 10.9. The number of hydrogen-bond acceptors (Lipinski definition) is 2. The molecule has 0 unspecified atom stereocenters. The lowest BCUT2D eigenvalue weighted by molar-refractivity contribution is 0.101. The highest BCUT2D eigenvalue weighted by atomic mass is 79.9. The van der Waals surface area contributed by atoms with Crippen molar-refractivity contribution in [3.63, 3.8) is 0 Å². The average molecular weight is 294 g/mol. The zero-order valence-electron chi connectivity index (χ0n) is 9.35. The molecule has 0 aliphatic carbocycles. The van der Waals surface area contributed by atoms with Crippen molar-refractivity contribution >= 4 is 27.7 Å². The summed E-state index contributed by atoms with van der Waals surface area (Å²) in [5, 5.41) is 2.77. The lowest BCUT2D eigenvalue weighted by atomic mass is 10.4. The van der Waals surface area contributed by atoms with Crippen LogP contribution >= 0.6 is 15.9 Å². The maximum atomic E-state index is 12.0. The van der Waals surface area contributed by atoms with E-state index in [1.807, 2.05) is 29.8 Å². The summed E-state index contributed by atoms with van der Waals surface area (Å²) in [6, 6.07) is 7.28. The Balaban J connectivity index is 2.20. The molecule has 1 N–H and O–H groups in total. The summed E-state index contributed by atoms with van der Waals surface area (Å²) in [6.45, 7) is 2.76. The average Bonchev–Trinajstić information content (AvgIpc) is 2.80. The van der Waals surface area contributed by atoms with Gasteiger partial charge in [-0.3, -0.25) is 4.79 Å².